The van der Waals surface area contributed by atoms with Gasteiger partial charge in [-0.2, -0.15) is 0 Å². The second-order valence-electron chi connectivity index (χ2n) is 5.61. The fourth-order valence-electron chi connectivity index (χ4n) is 1.76. The molecule has 1 aromatic carbocycles. The lowest BCUT2D eigenvalue weighted by Crippen LogP contribution is -2.07. The number of benzene rings is 1. The Bertz CT molecular complexity index is 591. The van der Waals surface area contributed by atoms with Crippen LogP contribution in [0.15, 0.2) is 24.3 Å². The highest BCUT2D eigenvalue weighted by atomic mass is 35.5. The van der Waals surface area contributed by atoms with Gasteiger partial charge in [-0.3, -0.25) is 0 Å². The molecule has 0 radical (unpaired) electrons. The fraction of sp³-hybridized carbons (Fsp3) is 0.333. The van der Waals surface area contributed by atoms with Crippen molar-refractivity contribution in [3.05, 3.63) is 49.1 Å². The first-order valence-electron chi connectivity index (χ1n) is 6.25. The highest BCUT2D eigenvalue weighted by Crippen LogP contribution is 2.35. The molecule has 1 nitrogen and oxygen atoms in total. The minimum absolute atomic E-state index is 0.179. The maximum absolute atomic E-state index is 6.15. The number of nitrogens with one attached hydrogen (secondary N) is 1. The van der Waals surface area contributed by atoms with E-state index in [0.29, 0.717) is 21.6 Å². The lowest BCUT2D eigenvalue weighted by molar-refractivity contribution is 0.604. The molecular formula is C15H16Cl3NS. The molecule has 1 heterocycles. The summed E-state index contributed by atoms with van der Waals surface area (Å²) in [6.45, 7) is 7.33. The minimum atomic E-state index is 0.179. The summed E-state index contributed by atoms with van der Waals surface area (Å²) in [7, 11) is 0. The first-order chi connectivity index (χ1) is 9.27. The van der Waals surface area contributed by atoms with E-state index < -0.39 is 0 Å². The zero-order valence-electron chi connectivity index (χ0n) is 11.6. The van der Waals surface area contributed by atoms with Gasteiger partial charge in [0.2, 0.25) is 0 Å². The molecule has 5 heteroatoms. The van der Waals surface area contributed by atoms with Crippen LogP contribution in [0.5, 0.6) is 0 Å². The maximum atomic E-state index is 6.15. The van der Waals surface area contributed by atoms with Crippen molar-refractivity contribution in [2.24, 2.45) is 0 Å². The fourth-order valence-corrected chi connectivity index (χ4v) is 3.72. The first-order valence-corrected chi connectivity index (χ1v) is 8.20. The van der Waals surface area contributed by atoms with Gasteiger partial charge in [-0.1, -0.05) is 55.6 Å². The molecule has 0 atom stereocenters. The van der Waals surface area contributed by atoms with Crippen LogP contribution in [-0.2, 0) is 12.0 Å². The van der Waals surface area contributed by atoms with Crippen molar-refractivity contribution in [2.75, 3.05) is 5.32 Å². The molecule has 0 amide bonds. The minimum Gasteiger partial charge on any atom is -0.378 e. The van der Waals surface area contributed by atoms with Gasteiger partial charge >= 0.3 is 0 Å². The first kappa shape index (κ1) is 16.0. The average Bonchev–Trinajstić information content (AvgIpc) is 2.75. The van der Waals surface area contributed by atoms with E-state index in [1.54, 1.807) is 23.5 Å². The Morgan fingerprint density at radius 1 is 1.05 bits per heavy atom. The van der Waals surface area contributed by atoms with Crippen molar-refractivity contribution in [3.63, 3.8) is 0 Å². The summed E-state index contributed by atoms with van der Waals surface area (Å²) < 4.78 is 0. The smallest absolute Gasteiger partial charge is 0.0722 e. The predicted octanol–water partition coefficient (Wildman–Crippen LogP) is 6.62. The van der Waals surface area contributed by atoms with Gasteiger partial charge in [-0.15, -0.1) is 11.3 Å². The van der Waals surface area contributed by atoms with Crippen molar-refractivity contribution in [1.29, 1.82) is 0 Å². The molecule has 0 aliphatic carbocycles. The summed E-state index contributed by atoms with van der Waals surface area (Å²) in [4.78, 5) is 2.61. The largest absolute Gasteiger partial charge is 0.378 e. The Balaban J connectivity index is 2.12. The standard InChI is InChI=1S/C15H16Cl3NS/c1-15(2,3)13-5-4-10(20-13)8-19-14-11(17)6-9(16)7-12(14)18/h4-7,19H,8H2,1-3H3. The molecule has 1 aromatic heterocycles. The van der Waals surface area contributed by atoms with Crippen LogP contribution in [0, 0.1) is 0 Å². The molecule has 108 valence electrons. The molecular weight excluding hydrogens is 333 g/mol. The van der Waals surface area contributed by atoms with E-state index in [4.69, 9.17) is 34.8 Å². The molecule has 2 rings (SSSR count). The van der Waals surface area contributed by atoms with Crippen molar-refractivity contribution >= 4 is 51.8 Å². The molecule has 0 bridgehead atoms. The molecule has 0 spiro atoms. The van der Waals surface area contributed by atoms with E-state index in [1.165, 1.54) is 9.75 Å². The van der Waals surface area contributed by atoms with E-state index in [-0.39, 0.29) is 5.41 Å². The summed E-state index contributed by atoms with van der Waals surface area (Å²) in [5.41, 5.74) is 0.904. The zero-order valence-corrected chi connectivity index (χ0v) is 14.6. The van der Waals surface area contributed by atoms with Crippen molar-refractivity contribution in [1.82, 2.24) is 0 Å². The quantitative estimate of drug-likeness (QED) is 0.657. The normalized spacial score (nSPS) is 11.7. The van der Waals surface area contributed by atoms with Gasteiger partial charge in [0.15, 0.2) is 0 Å². The van der Waals surface area contributed by atoms with E-state index in [9.17, 15) is 0 Å². The summed E-state index contributed by atoms with van der Waals surface area (Å²) in [5, 5.41) is 4.89. The maximum Gasteiger partial charge on any atom is 0.0722 e. The molecule has 0 aliphatic rings. The molecule has 2 aromatic rings. The Morgan fingerprint density at radius 2 is 1.65 bits per heavy atom. The number of hydrogen-bond acceptors (Lipinski definition) is 2. The highest BCUT2D eigenvalue weighted by Gasteiger charge is 2.16. The third-order valence-electron chi connectivity index (χ3n) is 2.85. The van der Waals surface area contributed by atoms with Gasteiger partial charge in [-0.05, 0) is 29.7 Å². The summed E-state index contributed by atoms with van der Waals surface area (Å²) in [6, 6.07) is 7.68. The third kappa shape index (κ3) is 3.82. The Kier molecular flexibility index (Phi) is 4.91. The molecule has 0 unspecified atom stereocenters. The monoisotopic (exact) mass is 347 g/mol. The lowest BCUT2D eigenvalue weighted by Gasteiger charge is -2.15. The van der Waals surface area contributed by atoms with E-state index >= 15 is 0 Å². The van der Waals surface area contributed by atoms with Gasteiger partial charge in [0.1, 0.15) is 0 Å². The molecule has 0 fully saturated rings. The van der Waals surface area contributed by atoms with Crippen LogP contribution in [0.4, 0.5) is 5.69 Å². The Morgan fingerprint density at radius 3 is 2.15 bits per heavy atom. The van der Waals surface area contributed by atoms with Gasteiger partial charge in [0.25, 0.3) is 0 Å². The van der Waals surface area contributed by atoms with Crippen LogP contribution in [-0.4, -0.2) is 0 Å². The van der Waals surface area contributed by atoms with Crippen LogP contribution in [0.3, 0.4) is 0 Å². The molecule has 0 saturated heterocycles. The molecule has 20 heavy (non-hydrogen) atoms. The van der Waals surface area contributed by atoms with Crippen LogP contribution in [0.2, 0.25) is 15.1 Å². The van der Waals surface area contributed by atoms with Crippen LogP contribution in [0.1, 0.15) is 30.5 Å². The molecule has 1 N–H and O–H groups in total. The highest BCUT2D eigenvalue weighted by molar-refractivity contribution is 7.12. The second-order valence-corrected chi connectivity index (χ2v) is 8.03. The van der Waals surface area contributed by atoms with E-state index in [2.05, 4.69) is 38.2 Å². The van der Waals surface area contributed by atoms with Gasteiger partial charge in [-0.25, -0.2) is 0 Å². The van der Waals surface area contributed by atoms with Gasteiger partial charge in [0, 0.05) is 21.3 Å². The van der Waals surface area contributed by atoms with Gasteiger partial charge in [0.05, 0.1) is 15.7 Å². The van der Waals surface area contributed by atoms with E-state index in [1.807, 2.05) is 0 Å². The molecule has 0 aliphatic heterocycles. The zero-order chi connectivity index (χ0) is 14.9. The second kappa shape index (κ2) is 6.15. The number of halogens is 3. The number of thiophene rings is 1. The van der Waals surface area contributed by atoms with E-state index in [0.717, 1.165) is 5.69 Å². The topological polar surface area (TPSA) is 12.0 Å². The van der Waals surface area contributed by atoms with Gasteiger partial charge < -0.3 is 5.32 Å². The number of hydrogen-bond donors (Lipinski definition) is 1. The number of anilines is 1. The SMILES string of the molecule is CC(C)(C)c1ccc(CNc2c(Cl)cc(Cl)cc2Cl)s1. The summed E-state index contributed by atoms with van der Waals surface area (Å²) >= 11 is 20.0. The van der Waals surface area contributed by atoms with Crippen molar-refractivity contribution in [2.45, 2.75) is 32.7 Å². The van der Waals surface area contributed by atoms with Crippen molar-refractivity contribution < 1.29 is 0 Å². The Hall–Kier alpha value is -0.410. The average molecular weight is 349 g/mol. The summed E-state index contributed by atoms with van der Waals surface area (Å²) in [5.74, 6) is 0. The molecule has 0 saturated carbocycles. The summed E-state index contributed by atoms with van der Waals surface area (Å²) in [6.07, 6.45) is 0. The lowest BCUT2D eigenvalue weighted by atomic mass is 9.95. The van der Waals surface area contributed by atoms with Crippen LogP contribution < -0.4 is 5.32 Å². The number of rotatable bonds is 3. The predicted molar refractivity (Wildman–Crippen MR) is 91.8 cm³/mol. The van der Waals surface area contributed by atoms with Crippen molar-refractivity contribution in [3.8, 4) is 0 Å². The van der Waals surface area contributed by atoms with Crippen LogP contribution in [0.25, 0.3) is 0 Å². The third-order valence-corrected chi connectivity index (χ3v) is 5.17. The Labute approximate surface area is 138 Å². The van der Waals surface area contributed by atoms with Crippen LogP contribution >= 0.6 is 46.1 Å².